The molecule has 1 atom stereocenters. The summed E-state index contributed by atoms with van der Waals surface area (Å²) in [6.45, 7) is 6.04. The van der Waals surface area contributed by atoms with Crippen LogP contribution in [0.15, 0.2) is 24.3 Å². The van der Waals surface area contributed by atoms with Crippen molar-refractivity contribution in [3.63, 3.8) is 0 Å². The fourth-order valence-electron chi connectivity index (χ4n) is 1.55. The molecule has 0 saturated heterocycles. The Balaban J connectivity index is 2.42. The van der Waals surface area contributed by atoms with E-state index in [0.29, 0.717) is 11.7 Å². The SMILES string of the molecule is COC(=O)Cc1ccc(OCC(=O)NC(C)C(C)C)cc1. The van der Waals surface area contributed by atoms with Crippen molar-refractivity contribution in [1.29, 1.82) is 0 Å². The first-order valence-corrected chi connectivity index (χ1v) is 7.00. The first-order chi connectivity index (χ1) is 9.92. The summed E-state index contributed by atoms with van der Waals surface area (Å²) in [6.07, 6.45) is 0.225. The molecule has 0 aromatic heterocycles. The van der Waals surface area contributed by atoms with E-state index in [4.69, 9.17) is 4.74 Å². The molecule has 1 aromatic rings. The van der Waals surface area contributed by atoms with E-state index >= 15 is 0 Å². The predicted molar refractivity (Wildman–Crippen MR) is 80.1 cm³/mol. The summed E-state index contributed by atoms with van der Waals surface area (Å²) in [5, 5.41) is 2.87. The number of esters is 1. The molecule has 0 bridgehead atoms. The number of nitrogens with one attached hydrogen (secondary N) is 1. The van der Waals surface area contributed by atoms with Crippen LogP contribution in [0.4, 0.5) is 0 Å². The maximum Gasteiger partial charge on any atom is 0.309 e. The van der Waals surface area contributed by atoms with Gasteiger partial charge in [0, 0.05) is 6.04 Å². The average molecular weight is 293 g/mol. The summed E-state index contributed by atoms with van der Waals surface area (Å²) in [4.78, 5) is 22.8. The Kier molecular flexibility index (Phi) is 6.72. The van der Waals surface area contributed by atoms with Crippen LogP contribution in [0.5, 0.6) is 5.75 Å². The minimum Gasteiger partial charge on any atom is -0.484 e. The lowest BCUT2D eigenvalue weighted by Crippen LogP contribution is -2.38. The van der Waals surface area contributed by atoms with E-state index in [9.17, 15) is 9.59 Å². The highest BCUT2D eigenvalue weighted by atomic mass is 16.5. The van der Waals surface area contributed by atoms with Crippen molar-refractivity contribution in [2.75, 3.05) is 13.7 Å². The monoisotopic (exact) mass is 293 g/mol. The Morgan fingerprint density at radius 3 is 2.29 bits per heavy atom. The number of carbonyl (C=O) groups is 2. The highest BCUT2D eigenvalue weighted by molar-refractivity contribution is 5.77. The van der Waals surface area contributed by atoms with E-state index in [2.05, 4.69) is 10.1 Å². The Hall–Kier alpha value is -2.04. The van der Waals surface area contributed by atoms with Crippen LogP contribution in [0.1, 0.15) is 26.3 Å². The van der Waals surface area contributed by atoms with E-state index in [-0.39, 0.29) is 30.9 Å². The Morgan fingerprint density at radius 1 is 1.14 bits per heavy atom. The van der Waals surface area contributed by atoms with Gasteiger partial charge in [0.25, 0.3) is 5.91 Å². The molecular weight excluding hydrogens is 270 g/mol. The smallest absolute Gasteiger partial charge is 0.309 e. The summed E-state index contributed by atoms with van der Waals surface area (Å²) < 4.78 is 10.0. The number of ether oxygens (including phenoxy) is 2. The highest BCUT2D eigenvalue weighted by Crippen LogP contribution is 2.13. The van der Waals surface area contributed by atoms with E-state index < -0.39 is 0 Å². The van der Waals surface area contributed by atoms with E-state index in [1.54, 1.807) is 24.3 Å². The molecule has 5 heteroatoms. The zero-order chi connectivity index (χ0) is 15.8. The molecular formula is C16H23NO4. The van der Waals surface area contributed by atoms with Gasteiger partial charge in [0.1, 0.15) is 5.75 Å². The first kappa shape index (κ1) is 17.0. The number of rotatable bonds is 7. The zero-order valence-electron chi connectivity index (χ0n) is 13.0. The molecule has 0 fully saturated rings. The fourth-order valence-corrected chi connectivity index (χ4v) is 1.55. The molecule has 1 aromatic carbocycles. The van der Waals surface area contributed by atoms with E-state index in [1.165, 1.54) is 7.11 Å². The largest absolute Gasteiger partial charge is 0.484 e. The lowest BCUT2D eigenvalue weighted by atomic mass is 10.1. The molecule has 1 unspecified atom stereocenters. The van der Waals surface area contributed by atoms with Gasteiger partial charge in [0.2, 0.25) is 0 Å². The van der Waals surface area contributed by atoms with Gasteiger partial charge in [0.15, 0.2) is 6.61 Å². The maximum absolute atomic E-state index is 11.7. The molecule has 0 heterocycles. The van der Waals surface area contributed by atoms with Crippen LogP contribution in [0.25, 0.3) is 0 Å². The third-order valence-corrected chi connectivity index (χ3v) is 3.26. The normalized spacial score (nSPS) is 11.9. The topological polar surface area (TPSA) is 64.6 Å². The molecule has 0 aliphatic carbocycles. The van der Waals surface area contributed by atoms with Crippen molar-refractivity contribution in [2.45, 2.75) is 33.2 Å². The van der Waals surface area contributed by atoms with Gasteiger partial charge in [-0.15, -0.1) is 0 Å². The maximum atomic E-state index is 11.7. The van der Waals surface area contributed by atoms with Gasteiger partial charge >= 0.3 is 5.97 Å². The van der Waals surface area contributed by atoms with Crippen LogP contribution < -0.4 is 10.1 Å². The second-order valence-electron chi connectivity index (χ2n) is 5.29. The first-order valence-electron chi connectivity index (χ1n) is 7.00. The van der Waals surface area contributed by atoms with Crippen LogP contribution in [0, 0.1) is 5.92 Å². The quantitative estimate of drug-likeness (QED) is 0.780. The summed E-state index contributed by atoms with van der Waals surface area (Å²) in [7, 11) is 1.36. The van der Waals surface area contributed by atoms with Gasteiger partial charge in [-0.25, -0.2) is 0 Å². The van der Waals surface area contributed by atoms with Gasteiger partial charge in [-0.2, -0.15) is 0 Å². The number of benzene rings is 1. The molecule has 0 saturated carbocycles. The third kappa shape index (κ3) is 6.29. The van der Waals surface area contributed by atoms with Crippen LogP contribution in [0.3, 0.4) is 0 Å². The molecule has 0 aliphatic rings. The fraction of sp³-hybridized carbons (Fsp3) is 0.500. The molecule has 116 valence electrons. The van der Waals surface area contributed by atoms with E-state index in [0.717, 1.165) is 5.56 Å². The van der Waals surface area contributed by atoms with Crippen molar-refractivity contribution in [3.8, 4) is 5.75 Å². The number of carbonyl (C=O) groups excluding carboxylic acids is 2. The van der Waals surface area contributed by atoms with Gasteiger partial charge in [-0.3, -0.25) is 9.59 Å². The Labute approximate surface area is 125 Å². The van der Waals surface area contributed by atoms with Crippen molar-refractivity contribution in [2.24, 2.45) is 5.92 Å². The number of hydrogen-bond acceptors (Lipinski definition) is 4. The summed E-state index contributed by atoms with van der Waals surface area (Å²) in [6, 6.07) is 7.14. The molecule has 0 radical (unpaired) electrons. The van der Waals surface area contributed by atoms with Crippen molar-refractivity contribution < 1.29 is 19.1 Å². The summed E-state index contributed by atoms with van der Waals surface area (Å²) in [5.74, 6) is 0.545. The standard InChI is InChI=1S/C16H23NO4/c1-11(2)12(3)17-15(18)10-21-14-7-5-13(6-8-14)9-16(19)20-4/h5-8,11-12H,9-10H2,1-4H3,(H,17,18). The molecule has 1 N–H and O–H groups in total. The number of hydrogen-bond donors (Lipinski definition) is 1. The van der Waals surface area contributed by atoms with Crippen molar-refractivity contribution in [1.82, 2.24) is 5.32 Å². The second-order valence-corrected chi connectivity index (χ2v) is 5.29. The Morgan fingerprint density at radius 2 is 1.76 bits per heavy atom. The molecule has 5 nitrogen and oxygen atoms in total. The minimum absolute atomic E-state index is 0.0204. The van der Waals surface area contributed by atoms with Crippen LogP contribution in [0.2, 0.25) is 0 Å². The van der Waals surface area contributed by atoms with Crippen molar-refractivity contribution >= 4 is 11.9 Å². The Bertz CT molecular complexity index is 468. The number of methoxy groups -OCH3 is 1. The zero-order valence-corrected chi connectivity index (χ0v) is 13.0. The van der Waals surface area contributed by atoms with Gasteiger partial charge in [-0.05, 0) is 30.5 Å². The summed E-state index contributed by atoms with van der Waals surface area (Å²) >= 11 is 0. The van der Waals surface area contributed by atoms with Crippen LogP contribution >= 0.6 is 0 Å². The highest BCUT2D eigenvalue weighted by Gasteiger charge is 2.11. The third-order valence-electron chi connectivity index (χ3n) is 3.26. The van der Waals surface area contributed by atoms with Gasteiger partial charge in [0.05, 0.1) is 13.5 Å². The van der Waals surface area contributed by atoms with Gasteiger partial charge in [-0.1, -0.05) is 26.0 Å². The average Bonchev–Trinajstić information content (AvgIpc) is 2.46. The van der Waals surface area contributed by atoms with Crippen LogP contribution in [-0.4, -0.2) is 31.6 Å². The number of amides is 1. The van der Waals surface area contributed by atoms with E-state index in [1.807, 2.05) is 20.8 Å². The molecule has 0 aliphatic heterocycles. The van der Waals surface area contributed by atoms with Gasteiger partial charge < -0.3 is 14.8 Å². The molecule has 21 heavy (non-hydrogen) atoms. The molecule has 1 amide bonds. The van der Waals surface area contributed by atoms with Crippen LogP contribution in [-0.2, 0) is 20.7 Å². The lowest BCUT2D eigenvalue weighted by molar-refractivity contribution is -0.139. The summed E-state index contributed by atoms with van der Waals surface area (Å²) in [5.41, 5.74) is 0.840. The lowest BCUT2D eigenvalue weighted by Gasteiger charge is -2.17. The second kappa shape index (κ2) is 8.29. The predicted octanol–water partition coefficient (Wildman–Crippen LogP) is 1.94. The van der Waals surface area contributed by atoms with Crippen molar-refractivity contribution in [3.05, 3.63) is 29.8 Å². The molecule has 1 rings (SSSR count). The minimum atomic E-state index is -0.286. The molecule has 0 spiro atoms.